The predicted molar refractivity (Wildman–Crippen MR) is 113 cm³/mol. The van der Waals surface area contributed by atoms with Crippen molar-refractivity contribution in [3.8, 4) is 0 Å². The highest BCUT2D eigenvalue weighted by Crippen LogP contribution is 2.28. The number of nitrogens with one attached hydrogen (secondary N) is 1. The van der Waals surface area contributed by atoms with Gasteiger partial charge in [0.05, 0.1) is 11.3 Å². The van der Waals surface area contributed by atoms with Crippen LogP contribution in [0.2, 0.25) is 5.02 Å². The fraction of sp³-hybridized carbons (Fsp3) is 0.409. The van der Waals surface area contributed by atoms with Crippen molar-refractivity contribution in [2.24, 2.45) is 0 Å². The van der Waals surface area contributed by atoms with Crippen molar-refractivity contribution in [1.29, 1.82) is 0 Å². The molecule has 2 nitrogen and oxygen atoms in total. The minimum Gasteiger partial charge on any atom is -0.349 e. The SMILES string of the molecule is CC[C@@H](Sc1ccc(Cl)cc1)C(=O)N[C@@H](C)c1ccc(C(C)(C)C)cc1. The fourth-order valence-corrected chi connectivity index (χ4v) is 3.75. The van der Waals surface area contributed by atoms with E-state index in [2.05, 4.69) is 50.4 Å². The normalized spacial score (nSPS) is 13.9. The first kappa shape index (κ1) is 20.9. The van der Waals surface area contributed by atoms with E-state index in [-0.39, 0.29) is 22.6 Å². The number of hydrogen-bond acceptors (Lipinski definition) is 2. The van der Waals surface area contributed by atoms with E-state index in [9.17, 15) is 4.79 Å². The highest BCUT2D eigenvalue weighted by molar-refractivity contribution is 8.00. The quantitative estimate of drug-likeness (QED) is 0.580. The third kappa shape index (κ3) is 5.78. The van der Waals surface area contributed by atoms with Crippen LogP contribution in [0.4, 0.5) is 0 Å². The second-order valence-electron chi connectivity index (χ2n) is 7.57. The molecular weight excluding hydrogens is 362 g/mol. The molecule has 2 atom stereocenters. The van der Waals surface area contributed by atoms with Gasteiger partial charge in [-0.2, -0.15) is 0 Å². The van der Waals surface area contributed by atoms with Crippen LogP contribution in [0.1, 0.15) is 58.2 Å². The van der Waals surface area contributed by atoms with Gasteiger partial charge in [-0.3, -0.25) is 4.79 Å². The zero-order chi connectivity index (χ0) is 19.3. The van der Waals surface area contributed by atoms with Gasteiger partial charge in [0.25, 0.3) is 0 Å². The van der Waals surface area contributed by atoms with E-state index in [4.69, 9.17) is 11.6 Å². The molecule has 1 amide bonds. The molecule has 26 heavy (non-hydrogen) atoms. The molecule has 2 rings (SSSR count). The zero-order valence-corrected chi connectivity index (χ0v) is 17.7. The van der Waals surface area contributed by atoms with Crippen LogP contribution in [0.15, 0.2) is 53.4 Å². The van der Waals surface area contributed by atoms with E-state index >= 15 is 0 Å². The molecule has 1 N–H and O–H groups in total. The second-order valence-corrected chi connectivity index (χ2v) is 9.28. The molecule has 2 aromatic rings. The first-order valence-corrected chi connectivity index (χ1v) is 10.3. The Hall–Kier alpha value is -1.45. The van der Waals surface area contributed by atoms with Crippen molar-refractivity contribution in [3.05, 3.63) is 64.7 Å². The Morgan fingerprint density at radius 1 is 1.08 bits per heavy atom. The molecule has 0 aliphatic heterocycles. The summed E-state index contributed by atoms with van der Waals surface area (Å²) in [5.74, 6) is 0.0693. The molecule has 0 spiro atoms. The van der Waals surface area contributed by atoms with Crippen molar-refractivity contribution in [2.45, 2.75) is 62.6 Å². The minimum absolute atomic E-state index is 0.0172. The van der Waals surface area contributed by atoms with E-state index in [1.54, 1.807) is 11.8 Å². The molecule has 2 aromatic carbocycles. The highest BCUT2D eigenvalue weighted by atomic mass is 35.5. The van der Waals surface area contributed by atoms with Crippen molar-refractivity contribution >= 4 is 29.3 Å². The fourth-order valence-electron chi connectivity index (χ4n) is 2.66. The number of carbonyl (C=O) groups is 1. The van der Waals surface area contributed by atoms with Gasteiger partial charge >= 0.3 is 0 Å². The summed E-state index contributed by atoms with van der Waals surface area (Å²) in [6, 6.07) is 16.1. The molecule has 0 bridgehead atoms. The molecule has 4 heteroatoms. The van der Waals surface area contributed by atoms with Gasteiger partial charge in [0.2, 0.25) is 5.91 Å². The van der Waals surface area contributed by atoms with Crippen molar-refractivity contribution < 1.29 is 4.79 Å². The number of carbonyl (C=O) groups excluding carboxylic acids is 1. The Kier molecular flexibility index (Phi) is 7.19. The van der Waals surface area contributed by atoms with Gasteiger partial charge in [-0.15, -0.1) is 11.8 Å². The van der Waals surface area contributed by atoms with Crippen LogP contribution < -0.4 is 5.32 Å². The zero-order valence-electron chi connectivity index (χ0n) is 16.2. The summed E-state index contributed by atoms with van der Waals surface area (Å²) in [7, 11) is 0. The Labute approximate surface area is 166 Å². The van der Waals surface area contributed by atoms with Gasteiger partial charge in [-0.1, -0.05) is 63.6 Å². The Bertz CT molecular complexity index is 719. The van der Waals surface area contributed by atoms with E-state index in [1.165, 1.54) is 5.56 Å². The molecule has 0 aromatic heterocycles. The lowest BCUT2D eigenvalue weighted by molar-refractivity contribution is -0.121. The lowest BCUT2D eigenvalue weighted by atomic mass is 9.86. The highest BCUT2D eigenvalue weighted by Gasteiger charge is 2.20. The van der Waals surface area contributed by atoms with Crippen LogP contribution in [-0.4, -0.2) is 11.2 Å². The lowest BCUT2D eigenvalue weighted by Gasteiger charge is -2.22. The predicted octanol–water partition coefficient (Wildman–Crippen LogP) is 6.39. The van der Waals surface area contributed by atoms with E-state index in [1.807, 2.05) is 38.1 Å². The van der Waals surface area contributed by atoms with Crippen LogP contribution in [0.5, 0.6) is 0 Å². The minimum atomic E-state index is -0.118. The van der Waals surface area contributed by atoms with Crippen molar-refractivity contribution in [3.63, 3.8) is 0 Å². The monoisotopic (exact) mass is 389 g/mol. The third-order valence-corrected chi connectivity index (χ3v) is 6.02. The first-order valence-electron chi connectivity index (χ1n) is 9.03. The summed E-state index contributed by atoms with van der Waals surface area (Å²) in [6.07, 6.45) is 0.773. The average Bonchev–Trinajstić information content (AvgIpc) is 2.60. The largest absolute Gasteiger partial charge is 0.349 e. The first-order chi connectivity index (χ1) is 12.2. The summed E-state index contributed by atoms with van der Waals surface area (Å²) in [5, 5.41) is 3.74. The molecule has 0 aliphatic carbocycles. The van der Waals surface area contributed by atoms with Gasteiger partial charge in [0.1, 0.15) is 0 Å². The molecule has 0 heterocycles. The molecule has 0 aliphatic rings. The van der Waals surface area contributed by atoms with Gasteiger partial charge in [-0.05, 0) is 54.2 Å². The molecule has 0 saturated carbocycles. The smallest absolute Gasteiger partial charge is 0.233 e. The lowest BCUT2D eigenvalue weighted by Crippen LogP contribution is -2.34. The summed E-state index contributed by atoms with van der Waals surface area (Å²) in [5.41, 5.74) is 2.55. The maximum atomic E-state index is 12.7. The maximum Gasteiger partial charge on any atom is 0.233 e. The number of hydrogen-bond donors (Lipinski definition) is 1. The summed E-state index contributed by atoms with van der Waals surface area (Å²) < 4.78 is 0. The van der Waals surface area contributed by atoms with E-state index in [0.29, 0.717) is 5.02 Å². The summed E-state index contributed by atoms with van der Waals surface area (Å²) in [6.45, 7) is 10.7. The van der Waals surface area contributed by atoms with Gasteiger partial charge < -0.3 is 5.32 Å². The van der Waals surface area contributed by atoms with Crippen LogP contribution >= 0.6 is 23.4 Å². The van der Waals surface area contributed by atoms with E-state index in [0.717, 1.165) is 16.9 Å². The molecule has 0 unspecified atom stereocenters. The third-order valence-electron chi connectivity index (χ3n) is 4.39. The van der Waals surface area contributed by atoms with Gasteiger partial charge in [-0.25, -0.2) is 0 Å². The number of rotatable bonds is 6. The second kappa shape index (κ2) is 8.96. The van der Waals surface area contributed by atoms with E-state index < -0.39 is 0 Å². The number of amides is 1. The Morgan fingerprint density at radius 2 is 1.65 bits per heavy atom. The van der Waals surface area contributed by atoms with Crippen LogP contribution in [-0.2, 0) is 10.2 Å². The number of benzene rings is 2. The average molecular weight is 390 g/mol. The number of halogens is 1. The summed E-state index contributed by atoms with van der Waals surface area (Å²) >= 11 is 7.51. The molecule has 0 radical (unpaired) electrons. The number of thioether (sulfide) groups is 1. The molecule has 0 saturated heterocycles. The molecule has 0 fully saturated rings. The molecular formula is C22H28ClNOS. The van der Waals surface area contributed by atoms with Crippen molar-refractivity contribution in [1.82, 2.24) is 5.32 Å². The standard InChI is InChI=1S/C22H28ClNOS/c1-6-20(26-19-13-11-18(23)12-14-19)21(25)24-15(2)16-7-9-17(10-8-16)22(3,4)5/h7-15,20H,6H2,1-5H3,(H,24,25)/t15-,20+/m0/s1. The van der Waals surface area contributed by atoms with Crippen molar-refractivity contribution in [2.75, 3.05) is 0 Å². The maximum absolute atomic E-state index is 12.7. The summed E-state index contributed by atoms with van der Waals surface area (Å²) in [4.78, 5) is 13.8. The Balaban J connectivity index is 2.00. The van der Waals surface area contributed by atoms with Crippen LogP contribution in [0.3, 0.4) is 0 Å². The Morgan fingerprint density at radius 3 is 2.15 bits per heavy atom. The van der Waals surface area contributed by atoms with Crippen LogP contribution in [0.25, 0.3) is 0 Å². The van der Waals surface area contributed by atoms with Gasteiger partial charge in [0.15, 0.2) is 0 Å². The molecule has 140 valence electrons. The topological polar surface area (TPSA) is 29.1 Å². The van der Waals surface area contributed by atoms with Gasteiger partial charge in [0, 0.05) is 9.92 Å². The van der Waals surface area contributed by atoms with Crippen LogP contribution in [0, 0.1) is 0 Å².